The van der Waals surface area contributed by atoms with Crippen LogP contribution in [0.5, 0.6) is 0 Å². The molecule has 8 heteroatoms. The largest absolute Gasteiger partial charge is 0.465 e. The summed E-state index contributed by atoms with van der Waals surface area (Å²) in [5.41, 5.74) is -0.493. The second-order valence-corrected chi connectivity index (χ2v) is 5.20. The van der Waals surface area contributed by atoms with E-state index in [0.29, 0.717) is 0 Å². The maximum absolute atomic E-state index is 13.6. The van der Waals surface area contributed by atoms with Gasteiger partial charge in [-0.1, -0.05) is 12.1 Å². The van der Waals surface area contributed by atoms with E-state index in [9.17, 15) is 23.2 Å². The highest BCUT2D eigenvalue weighted by Gasteiger charge is 2.23. The van der Waals surface area contributed by atoms with Gasteiger partial charge in [-0.3, -0.25) is 4.79 Å². The normalized spacial score (nSPS) is 11.4. The van der Waals surface area contributed by atoms with Gasteiger partial charge in [0.2, 0.25) is 0 Å². The van der Waals surface area contributed by atoms with E-state index in [2.05, 4.69) is 10.1 Å². The van der Waals surface area contributed by atoms with Gasteiger partial charge in [-0.15, -0.1) is 0 Å². The Morgan fingerprint density at radius 2 is 1.62 bits per heavy atom. The molecule has 0 spiro atoms. The lowest BCUT2D eigenvalue weighted by molar-refractivity contribution is -0.123. The molecule has 0 saturated heterocycles. The third-order valence-electron chi connectivity index (χ3n) is 3.39. The van der Waals surface area contributed by atoms with Gasteiger partial charge in [0.15, 0.2) is 6.10 Å². The van der Waals surface area contributed by atoms with Crippen LogP contribution >= 0.6 is 0 Å². The molecule has 0 radical (unpaired) electrons. The number of hydrogen-bond donors (Lipinski definition) is 1. The second kappa shape index (κ2) is 8.19. The smallest absolute Gasteiger partial charge is 0.339 e. The van der Waals surface area contributed by atoms with E-state index in [4.69, 9.17) is 4.74 Å². The van der Waals surface area contributed by atoms with E-state index >= 15 is 0 Å². The molecule has 0 fully saturated rings. The van der Waals surface area contributed by atoms with Crippen molar-refractivity contribution in [2.75, 3.05) is 12.4 Å². The van der Waals surface area contributed by atoms with Crippen LogP contribution in [0.4, 0.5) is 14.5 Å². The van der Waals surface area contributed by atoms with E-state index in [0.717, 1.165) is 25.3 Å². The molecule has 6 nitrogen and oxygen atoms in total. The molecule has 1 N–H and O–H groups in total. The first kappa shape index (κ1) is 19.0. The predicted octanol–water partition coefficient (Wildman–Crippen LogP) is 2.94. The zero-order valence-electron chi connectivity index (χ0n) is 13.9. The number of carbonyl (C=O) groups is 3. The molecule has 0 aliphatic heterocycles. The molecular weight excluding hydrogens is 348 g/mol. The molecule has 0 aromatic heterocycles. The highest BCUT2D eigenvalue weighted by atomic mass is 19.1. The summed E-state index contributed by atoms with van der Waals surface area (Å²) in [5.74, 6) is -4.11. The zero-order valence-corrected chi connectivity index (χ0v) is 13.9. The molecule has 2 aromatic carbocycles. The summed E-state index contributed by atoms with van der Waals surface area (Å²) >= 11 is 0. The SMILES string of the molecule is COC(=O)c1ccccc1C(=O)OC(C)C(=O)Nc1cc(F)ccc1F. The van der Waals surface area contributed by atoms with Crippen LogP contribution in [0, 0.1) is 11.6 Å². The van der Waals surface area contributed by atoms with Crippen LogP contribution in [-0.4, -0.2) is 31.1 Å². The summed E-state index contributed by atoms with van der Waals surface area (Å²) in [6.07, 6.45) is -1.32. The number of nitrogens with one attached hydrogen (secondary N) is 1. The molecule has 136 valence electrons. The van der Waals surface area contributed by atoms with Crippen LogP contribution in [0.2, 0.25) is 0 Å². The predicted molar refractivity (Wildman–Crippen MR) is 87.6 cm³/mol. The molecule has 1 amide bonds. The van der Waals surface area contributed by atoms with Gasteiger partial charge in [-0.25, -0.2) is 18.4 Å². The van der Waals surface area contributed by atoms with E-state index in [1.165, 1.54) is 31.2 Å². The Balaban J connectivity index is 2.11. The first-order valence-electron chi connectivity index (χ1n) is 7.47. The van der Waals surface area contributed by atoms with Gasteiger partial charge in [-0.2, -0.15) is 0 Å². The average molecular weight is 363 g/mol. The van der Waals surface area contributed by atoms with Crippen molar-refractivity contribution in [3.8, 4) is 0 Å². The number of carbonyl (C=O) groups excluding carboxylic acids is 3. The second-order valence-electron chi connectivity index (χ2n) is 5.20. The standard InChI is InChI=1S/C18H15F2NO5/c1-10(16(22)21-15-9-11(19)7-8-14(15)20)26-18(24)13-6-4-3-5-12(13)17(23)25-2/h3-10H,1-2H3,(H,21,22). The zero-order chi connectivity index (χ0) is 19.3. The van der Waals surface area contributed by atoms with Crippen molar-refractivity contribution in [1.29, 1.82) is 0 Å². The summed E-state index contributed by atoms with van der Waals surface area (Å²) < 4.78 is 36.3. The first-order valence-corrected chi connectivity index (χ1v) is 7.47. The Hall–Kier alpha value is -3.29. The number of esters is 2. The summed E-state index contributed by atoms with van der Waals surface area (Å²) in [5, 5.41) is 2.13. The monoisotopic (exact) mass is 363 g/mol. The van der Waals surface area contributed by atoms with Gasteiger partial charge in [0.05, 0.1) is 23.9 Å². The molecule has 2 aromatic rings. The van der Waals surface area contributed by atoms with Gasteiger partial charge in [0, 0.05) is 6.07 Å². The summed E-state index contributed by atoms with van der Waals surface area (Å²) in [7, 11) is 1.16. The van der Waals surface area contributed by atoms with E-state index in [-0.39, 0.29) is 16.8 Å². The Kier molecular flexibility index (Phi) is 6.00. The average Bonchev–Trinajstić information content (AvgIpc) is 2.63. The van der Waals surface area contributed by atoms with Crippen molar-refractivity contribution >= 4 is 23.5 Å². The molecule has 0 aliphatic carbocycles. The Morgan fingerprint density at radius 1 is 1.00 bits per heavy atom. The summed E-state index contributed by atoms with van der Waals surface area (Å²) in [6.45, 7) is 1.26. The third-order valence-corrected chi connectivity index (χ3v) is 3.39. The lowest BCUT2D eigenvalue weighted by atomic mass is 10.1. The summed E-state index contributed by atoms with van der Waals surface area (Å²) in [6, 6.07) is 8.31. The van der Waals surface area contributed by atoms with Crippen molar-refractivity contribution in [3.05, 3.63) is 65.2 Å². The fraction of sp³-hybridized carbons (Fsp3) is 0.167. The number of benzene rings is 2. The number of ether oxygens (including phenoxy) is 2. The van der Waals surface area contributed by atoms with Gasteiger partial charge < -0.3 is 14.8 Å². The highest BCUT2D eigenvalue weighted by Crippen LogP contribution is 2.17. The molecule has 1 unspecified atom stereocenters. The van der Waals surface area contributed by atoms with E-state index in [1.807, 2.05) is 0 Å². The number of halogens is 2. The van der Waals surface area contributed by atoms with E-state index in [1.54, 1.807) is 0 Å². The van der Waals surface area contributed by atoms with Crippen molar-refractivity contribution in [2.45, 2.75) is 13.0 Å². The highest BCUT2D eigenvalue weighted by molar-refractivity contribution is 6.04. The minimum atomic E-state index is -1.32. The minimum absolute atomic E-state index is 0.0243. The lowest BCUT2D eigenvalue weighted by Crippen LogP contribution is -2.30. The van der Waals surface area contributed by atoms with Crippen molar-refractivity contribution in [1.82, 2.24) is 0 Å². The number of methoxy groups -OCH3 is 1. The Bertz CT molecular complexity index is 853. The number of rotatable bonds is 5. The molecule has 26 heavy (non-hydrogen) atoms. The molecule has 0 saturated carbocycles. The Labute approximate surface area is 147 Å². The number of anilines is 1. The van der Waals surface area contributed by atoms with Crippen LogP contribution in [0.25, 0.3) is 0 Å². The van der Waals surface area contributed by atoms with Gasteiger partial charge >= 0.3 is 11.9 Å². The topological polar surface area (TPSA) is 81.7 Å². The van der Waals surface area contributed by atoms with Gasteiger partial charge in [0.25, 0.3) is 5.91 Å². The molecule has 1 atom stereocenters. The van der Waals surface area contributed by atoms with Crippen molar-refractivity contribution in [2.24, 2.45) is 0 Å². The summed E-state index contributed by atoms with van der Waals surface area (Å²) in [4.78, 5) is 36.0. The quantitative estimate of drug-likeness (QED) is 0.826. The van der Waals surface area contributed by atoms with Crippen molar-refractivity contribution in [3.63, 3.8) is 0 Å². The van der Waals surface area contributed by atoms with Gasteiger partial charge in [-0.05, 0) is 31.2 Å². The lowest BCUT2D eigenvalue weighted by Gasteiger charge is -2.15. The van der Waals surface area contributed by atoms with Crippen LogP contribution < -0.4 is 5.32 Å². The number of amides is 1. The van der Waals surface area contributed by atoms with E-state index < -0.39 is 35.6 Å². The molecule has 2 rings (SSSR count). The molecule has 0 aliphatic rings. The van der Waals surface area contributed by atoms with Crippen LogP contribution in [0.3, 0.4) is 0 Å². The first-order chi connectivity index (χ1) is 12.3. The third kappa shape index (κ3) is 4.41. The van der Waals surface area contributed by atoms with Crippen LogP contribution in [-0.2, 0) is 14.3 Å². The number of hydrogen-bond acceptors (Lipinski definition) is 5. The fourth-order valence-electron chi connectivity index (χ4n) is 2.05. The van der Waals surface area contributed by atoms with Crippen molar-refractivity contribution < 1.29 is 32.6 Å². The minimum Gasteiger partial charge on any atom is -0.465 e. The van der Waals surface area contributed by atoms with Gasteiger partial charge in [0.1, 0.15) is 11.6 Å². The molecule has 0 heterocycles. The maximum Gasteiger partial charge on any atom is 0.339 e. The fourth-order valence-corrected chi connectivity index (χ4v) is 2.05. The van der Waals surface area contributed by atoms with Crippen LogP contribution in [0.1, 0.15) is 27.6 Å². The van der Waals surface area contributed by atoms with Crippen LogP contribution in [0.15, 0.2) is 42.5 Å². The Morgan fingerprint density at radius 3 is 2.23 bits per heavy atom. The molecule has 0 bridgehead atoms. The molecular formula is C18H15F2NO5. The maximum atomic E-state index is 13.6.